The molecule has 1 amide bonds. The Labute approximate surface area is 159 Å². The Kier molecular flexibility index (Phi) is 6.75. The first-order valence-corrected chi connectivity index (χ1v) is 9.61. The Morgan fingerprint density at radius 2 is 2.07 bits per heavy atom. The van der Waals surface area contributed by atoms with E-state index < -0.39 is 0 Å². The molecular weight excluding hydrogens is 344 g/mol. The first-order valence-electron chi connectivity index (χ1n) is 9.61. The fraction of sp³-hybridized carbons (Fsp3) is 0.579. The Balaban J connectivity index is 1.50. The number of amides is 1. The summed E-state index contributed by atoms with van der Waals surface area (Å²) >= 11 is 0. The van der Waals surface area contributed by atoms with Crippen molar-refractivity contribution in [2.24, 2.45) is 0 Å². The smallest absolute Gasteiger partial charge is 0.227 e. The number of aromatic nitrogens is 3. The Bertz CT molecular complexity index is 739. The molecule has 1 N–H and O–H groups in total. The number of piperazine rings is 1. The molecule has 1 aliphatic heterocycles. The standard InChI is InChI=1S/C19H28N6O2/c1-3-5-16-22-18(27-23-16)8-7-17(26)21-14-15-6-4-9-20-19(15)25-12-10-24(2)11-13-25/h4,6,9H,3,5,7-8,10-14H2,1-2H3,(H,21,26). The van der Waals surface area contributed by atoms with Gasteiger partial charge in [0, 0.05) is 63.7 Å². The number of carbonyl (C=O) groups is 1. The van der Waals surface area contributed by atoms with Crippen LogP contribution in [0, 0.1) is 0 Å². The average Bonchev–Trinajstić information content (AvgIpc) is 3.13. The molecule has 0 aliphatic carbocycles. The number of anilines is 1. The maximum absolute atomic E-state index is 12.2. The lowest BCUT2D eigenvalue weighted by Crippen LogP contribution is -2.45. The average molecular weight is 372 g/mol. The summed E-state index contributed by atoms with van der Waals surface area (Å²) in [4.78, 5) is 25.6. The molecule has 3 rings (SSSR count). The van der Waals surface area contributed by atoms with Gasteiger partial charge in [-0.25, -0.2) is 4.98 Å². The van der Waals surface area contributed by atoms with Crippen LogP contribution in [0.2, 0.25) is 0 Å². The lowest BCUT2D eigenvalue weighted by atomic mass is 10.2. The van der Waals surface area contributed by atoms with Gasteiger partial charge in [0.25, 0.3) is 0 Å². The minimum Gasteiger partial charge on any atom is -0.354 e. The topological polar surface area (TPSA) is 87.4 Å². The van der Waals surface area contributed by atoms with Crippen LogP contribution in [0.15, 0.2) is 22.9 Å². The molecular formula is C19H28N6O2. The van der Waals surface area contributed by atoms with Crippen LogP contribution >= 0.6 is 0 Å². The second-order valence-corrected chi connectivity index (χ2v) is 6.91. The summed E-state index contributed by atoms with van der Waals surface area (Å²) in [5, 5.41) is 6.89. The highest BCUT2D eigenvalue weighted by atomic mass is 16.5. The van der Waals surface area contributed by atoms with Gasteiger partial charge in [0.2, 0.25) is 11.8 Å². The third-order valence-electron chi connectivity index (χ3n) is 4.70. The van der Waals surface area contributed by atoms with E-state index in [9.17, 15) is 4.79 Å². The lowest BCUT2D eigenvalue weighted by Gasteiger charge is -2.34. The molecule has 0 aromatic carbocycles. The third-order valence-corrected chi connectivity index (χ3v) is 4.70. The van der Waals surface area contributed by atoms with Crippen molar-refractivity contribution in [3.05, 3.63) is 35.6 Å². The molecule has 0 unspecified atom stereocenters. The Morgan fingerprint density at radius 1 is 1.26 bits per heavy atom. The highest BCUT2D eigenvalue weighted by Crippen LogP contribution is 2.18. The first kappa shape index (κ1) is 19.3. The normalized spacial score (nSPS) is 15.1. The van der Waals surface area contributed by atoms with Gasteiger partial charge < -0.3 is 19.6 Å². The van der Waals surface area contributed by atoms with Crippen molar-refractivity contribution in [3.63, 3.8) is 0 Å². The van der Waals surface area contributed by atoms with Crippen LogP contribution < -0.4 is 10.2 Å². The van der Waals surface area contributed by atoms with Crippen LogP contribution in [-0.2, 0) is 24.2 Å². The summed E-state index contributed by atoms with van der Waals surface area (Å²) in [6, 6.07) is 3.94. The summed E-state index contributed by atoms with van der Waals surface area (Å²) < 4.78 is 5.18. The monoisotopic (exact) mass is 372 g/mol. The van der Waals surface area contributed by atoms with E-state index in [0.29, 0.717) is 31.1 Å². The van der Waals surface area contributed by atoms with Gasteiger partial charge in [-0.3, -0.25) is 4.79 Å². The van der Waals surface area contributed by atoms with E-state index in [2.05, 4.69) is 44.2 Å². The number of likely N-dealkylation sites (N-methyl/N-ethyl adjacent to an activating group) is 1. The third kappa shape index (κ3) is 5.50. The molecule has 1 fully saturated rings. The van der Waals surface area contributed by atoms with E-state index in [1.165, 1.54) is 0 Å². The van der Waals surface area contributed by atoms with Crippen LogP contribution in [0.4, 0.5) is 5.82 Å². The maximum Gasteiger partial charge on any atom is 0.227 e. The van der Waals surface area contributed by atoms with E-state index in [-0.39, 0.29) is 5.91 Å². The minimum absolute atomic E-state index is 0.0292. The molecule has 8 nitrogen and oxygen atoms in total. The van der Waals surface area contributed by atoms with Gasteiger partial charge in [0.05, 0.1) is 0 Å². The molecule has 0 saturated carbocycles. The Morgan fingerprint density at radius 3 is 2.85 bits per heavy atom. The molecule has 1 saturated heterocycles. The van der Waals surface area contributed by atoms with Crippen molar-refractivity contribution in [3.8, 4) is 0 Å². The SMILES string of the molecule is CCCc1noc(CCC(=O)NCc2cccnc2N2CCN(C)CC2)n1. The van der Waals surface area contributed by atoms with E-state index >= 15 is 0 Å². The molecule has 8 heteroatoms. The fourth-order valence-corrected chi connectivity index (χ4v) is 3.09. The number of rotatable bonds is 8. The second-order valence-electron chi connectivity index (χ2n) is 6.91. The molecule has 146 valence electrons. The highest BCUT2D eigenvalue weighted by Gasteiger charge is 2.18. The van der Waals surface area contributed by atoms with Crippen molar-refractivity contribution in [2.45, 2.75) is 39.2 Å². The summed E-state index contributed by atoms with van der Waals surface area (Å²) in [5.74, 6) is 2.17. The number of aryl methyl sites for hydroxylation is 2. The van der Waals surface area contributed by atoms with E-state index in [4.69, 9.17) is 4.52 Å². The number of pyridine rings is 1. The van der Waals surface area contributed by atoms with Crippen LogP contribution in [-0.4, -0.2) is 59.2 Å². The largest absolute Gasteiger partial charge is 0.354 e. The molecule has 0 bridgehead atoms. The number of nitrogens with one attached hydrogen (secondary N) is 1. The van der Waals surface area contributed by atoms with Gasteiger partial charge in [-0.2, -0.15) is 4.98 Å². The van der Waals surface area contributed by atoms with Crippen LogP contribution in [0.25, 0.3) is 0 Å². The predicted octanol–water partition coefficient (Wildman–Crippen LogP) is 1.42. The molecule has 2 aromatic heterocycles. The Hall–Kier alpha value is -2.48. The van der Waals surface area contributed by atoms with Crippen LogP contribution in [0.1, 0.15) is 37.0 Å². The molecule has 27 heavy (non-hydrogen) atoms. The minimum atomic E-state index is -0.0292. The first-order chi connectivity index (χ1) is 13.2. The zero-order valence-electron chi connectivity index (χ0n) is 16.1. The van der Waals surface area contributed by atoms with Gasteiger partial charge in [0.1, 0.15) is 5.82 Å². The van der Waals surface area contributed by atoms with E-state index in [1.54, 1.807) is 0 Å². The van der Waals surface area contributed by atoms with Gasteiger partial charge >= 0.3 is 0 Å². The number of carbonyl (C=O) groups excluding carboxylic acids is 1. The van der Waals surface area contributed by atoms with Crippen molar-refractivity contribution < 1.29 is 9.32 Å². The zero-order valence-corrected chi connectivity index (χ0v) is 16.1. The lowest BCUT2D eigenvalue weighted by molar-refractivity contribution is -0.121. The quantitative estimate of drug-likeness (QED) is 0.750. The fourth-order valence-electron chi connectivity index (χ4n) is 3.09. The molecule has 2 aromatic rings. The summed E-state index contributed by atoms with van der Waals surface area (Å²) in [7, 11) is 2.13. The van der Waals surface area contributed by atoms with Crippen LogP contribution in [0.3, 0.4) is 0 Å². The number of hydrogen-bond acceptors (Lipinski definition) is 7. The van der Waals surface area contributed by atoms with E-state index in [1.807, 2.05) is 18.3 Å². The van der Waals surface area contributed by atoms with Crippen molar-refractivity contribution in [1.82, 2.24) is 25.3 Å². The van der Waals surface area contributed by atoms with Gasteiger partial charge in [0.15, 0.2) is 5.82 Å². The maximum atomic E-state index is 12.2. The van der Waals surface area contributed by atoms with E-state index in [0.717, 1.165) is 50.4 Å². The highest BCUT2D eigenvalue weighted by molar-refractivity contribution is 5.76. The van der Waals surface area contributed by atoms with Crippen molar-refractivity contribution >= 4 is 11.7 Å². The second kappa shape index (κ2) is 9.45. The molecule has 3 heterocycles. The van der Waals surface area contributed by atoms with Gasteiger partial charge in [-0.1, -0.05) is 18.1 Å². The van der Waals surface area contributed by atoms with Crippen molar-refractivity contribution in [2.75, 3.05) is 38.1 Å². The van der Waals surface area contributed by atoms with Crippen LogP contribution in [0.5, 0.6) is 0 Å². The predicted molar refractivity (Wildman–Crippen MR) is 102 cm³/mol. The summed E-state index contributed by atoms with van der Waals surface area (Å²) in [6.07, 6.45) is 4.37. The zero-order chi connectivity index (χ0) is 19.1. The molecule has 0 spiro atoms. The summed E-state index contributed by atoms with van der Waals surface area (Å²) in [5.41, 5.74) is 1.04. The molecule has 1 aliphatic rings. The number of nitrogens with zero attached hydrogens (tertiary/aromatic N) is 5. The van der Waals surface area contributed by atoms with Gasteiger partial charge in [-0.05, 0) is 19.5 Å². The van der Waals surface area contributed by atoms with Crippen molar-refractivity contribution in [1.29, 1.82) is 0 Å². The molecule has 0 radical (unpaired) electrons. The molecule has 0 atom stereocenters. The summed E-state index contributed by atoms with van der Waals surface area (Å²) in [6.45, 7) is 6.48. The van der Waals surface area contributed by atoms with Gasteiger partial charge in [-0.15, -0.1) is 0 Å². The number of hydrogen-bond donors (Lipinski definition) is 1.